The Bertz CT molecular complexity index is 1610. The fraction of sp³-hybridized carbons (Fsp3) is 0.120. The number of carboxylic acid groups (broad SMARTS) is 1. The highest BCUT2D eigenvalue weighted by atomic mass is 19.3. The molecule has 36 heavy (non-hydrogen) atoms. The molecule has 0 fully saturated rings. The Labute approximate surface area is 197 Å². The van der Waals surface area contributed by atoms with Crippen molar-refractivity contribution in [2.75, 3.05) is 0 Å². The SMILES string of the molecule is O=C(O)c1cccc(C(=O)Oc2ccc3c4c(c5ccc(O)cc5c3c2)C(F)(F)C(F)(F)C4(F)F)c1. The van der Waals surface area contributed by atoms with E-state index in [9.17, 15) is 41.0 Å². The van der Waals surface area contributed by atoms with Gasteiger partial charge in [0.2, 0.25) is 0 Å². The minimum absolute atomic E-state index is 0.155. The summed E-state index contributed by atoms with van der Waals surface area (Å²) in [5, 5.41) is 17.2. The molecule has 0 unspecified atom stereocenters. The zero-order chi connectivity index (χ0) is 26.2. The molecular formula is C25H12F6O5. The summed E-state index contributed by atoms with van der Waals surface area (Å²) in [6, 6.07) is 10.3. The van der Waals surface area contributed by atoms with Gasteiger partial charge in [-0.05, 0) is 64.0 Å². The molecule has 0 atom stereocenters. The maximum absolute atomic E-state index is 14.8. The van der Waals surface area contributed by atoms with E-state index in [4.69, 9.17) is 9.84 Å². The van der Waals surface area contributed by atoms with E-state index in [1.807, 2.05) is 0 Å². The number of hydrogen-bond acceptors (Lipinski definition) is 4. The van der Waals surface area contributed by atoms with Crippen LogP contribution in [0.4, 0.5) is 26.3 Å². The number of alkyl halides is 6. The third-order valence-corrected chi connectivity index (χ3v) is 6.05. The van der Waals surface area contributed by atoms with Crippen molar-refractivity contribution in [3.05, 3.63) is 82.9 Å². The summed E-state index contributed by atoms with van der Waals surface area (Å²) in [7, 11) is 0. The van der Waals surface area contributed by atoms with Gasteiger partial charge in [-0.15, -0.1) is 0 Å². The van der Waals surface area contributed by atoms with E-state index < -0.39 is 57.4 Å². The van der Waals surface area contributed by atoms with Gasteiger partial charge in [0.15, 0.2) is 0 Å². The maximum Gasteiger partial charge on any atom is 0.380 e. The molecule has 0 saturated carbocycles. The second-order valence-electron chi connectivity index (χ2n) is 8.19. The van der Waals surface area contributed by atoms with Crippen molar-refractivity contribution in [1.82, 2.24) is 0 Å². The highest BCUT2D eigenvalue weighted by Crippen LogP contribution is 2.66. The molecule has 5 nitrogen and oxygen atoms in total. The van der Waals surface area contributed by atoms with E-state index in [1.54, 1.807) is 0 Å². The fourth-order valence-corrected chi connectivity index (χ4v) is 4.38. The topological polar surface area (TPSA) is 83.8 Å². The number of benzene rings is 4. The Kier molecular flexibility index (Phi) is 4.80. The van der Waals surface area contributed by atoms with Gasteiger partial charge in [-0.2, -0.15) is 26.3 Å². The van der Waals surface area contributed by atoms with Crippen LogP contribution in [0.3, 0.4) is 0 Å². The molecule has 2 N–H and O–H groups in total. The van der Waals surface area contributed by atoms with Gasteiger partial charge in [-0.1, -0.05) is 18.2 Å². The lowest BCUT2D eigenvalue weighted by Crippen LogP contribution is -2.43. The minimum atomic E-state index is -5.72. The summed E-state index contributed by atoms with van der Waals surface area (Å²) < 4.78 is 92.7. The first-order valence-electron chi connectivity index (χ1n) is 10.2. The standard InChI is InChI=1S/C25H12F6O5/c26-23(27)19-15-6-4-13(32)9-17(15)18-10-14(5-7-16(18)20(19)24(28,29)25(23,30)31)36-22(35)12-3-1-2-11(8-12)21(33)34/h1-10,32H,(H,33,34). The molecule has 0 spiro atoms. The number of aromatic carboxylic acids is 1. The first-order valence-corrected chi connectivity index (χ1v) is 10.2. The lowest BCUT2D eigenvalue weighted by Gasteiger charge is -2.23. The van der Waals surface area contributed by atoms with Crippen molar-refractivity contribution in [1.29, 1.82) is 0 Å². The lowest BCUT2D eigenvalue weighted by atomic mass is 9.91. The van der Waals surface area contributed by atoms with E-state index in [1.165, 1.54) is 18.2 Å². The molecule has 1 aliphatic rings. The summed E-state index contributed by atoms with van der Waals surface area (Å²) in [6.45, 7) is 0. The molecule has 0 aliphatic heterocycles. The number of phenols is 1. The molecule has 0 amide bonds. The summed E-state index contributed by atoms with van der Waals surface area (Å²) in [6.07, 6.45) is 0. The average molecular weight is 506 g/mol. The maximum atomic E-state index is 14.8. The molecule has 184 valence electrons. The number of fused-ring (bicyclic) bond motifs is 6. The van der Waals surface area contributed by atoms with Crippen molar-refractivity contribution in [2.45, 2.75) is 17.8 Å². The van der Waals surface area contributed by atoms with Crippen LogP contribution in [0.1, 0.15) is 31.8 Å². The van der Waals surface area contributed by atoms with Crippen LogP contribution in [-0.4, -0.2) is 28.1 Å². The van der Waals surface area contributed by atoms with E-state index >= 15 is 0 Å². The van der Waals surface area contributed by atoms with E-state index in [0.717, 1.165) is 42.5 Å². The summed E-state index contributed by atoms with van der Waals surface area (Å²) in [4.78, 5) is 23.7. The normalized spacial score (nSPS) is 17.2. The van der Waals surface area contributed by atoms with Gasteiger partial charge >= 0.3 is 29.7 Å². The first kappa shape index (κ1) is 23.5. The second-order valence-corrected chi connectivity index (χ2v) is 8.19. The van der Waals surface area contributed by atoms with Crippen molar-refractivity contribution in [3.63, 3.8) is 0 Å². The molecule has 0 bridgehead atoms. The number of carboxylic acids is 1. The van der Waals surface area contributed by atoms with E-state index in [2.05, 4.69) is 0 Å². The second kappa shape index (κ2) is 7.36. The third kappa shape index (κ3) is 3.05. The fourth-order valence-electron chi connectivity index (χ4n) is 4.38. The quantitative estimate of drug-likeness (QED) is 0.144. The smallest absolute Gasteiger partial charge is 0.380 e. The van der Waals surface area contributed by atoms with Gasteiger partial charge in [0, 0.05) is 11.1 Å². The largest absolute Gasteiger partial charge is 0.508 e. The van der Waals surface area contributed by atoms with Gasteiger partial charge in [-0.25, -0.2) is 9.59 Å². The number of aromatic hydroxyl groups is 1. The predicted molar refractivity (Wildman–Crippen MR) is 114 cm³/mol. The Morgan fingerprint density at radius 1 is 0.694 bits per heavy atom. The Hall–Kier alpha value is -4.28. The first-order chi connectivity index (χ1) is 16.8. The van der Waals surface area contributed by atoms with Crippen LogP contribution in [0.25, 0.3) is 21.5 Å². The molecule has 0 aromatic heterocycles. The van der Waals surface area contributed by atoms with Gasteiger partial charge in [0.05, 0.1) is 11.1 Å². The van der Waals surface area contributed by atoms with E-state index in [-0.39, 0.29) is 27.6 Å². The molecule has 5 rings (SSSR count). The number of halogens is 6. The van der Waals surface area contributed by atoms with Crippen LogP contribution >= 0.6 is 0 Å². The molecule has 11 heteroatoms. The number of ether oxygens (including phenoxy) is 1. The molecule has 4 aromatic carbocycles. The monoisotopic (exact) mass is 506 g/mol. The van der Waals surface area contributed by atoms with Gasteiger partial charge in [0.25, 0.3) is 0 Å². The Morgan fingerprint density at radius 3 is 1.86 bits per heavy atom. The highest BCUT2D eigenvalue weighted by molar-refractivity contribution is 6.13. The Balaban J connectivity index is 1.72. The zero-order valence-corrected chi connectivity index (χ0v) is 17.7. The average Bonchev–Trinajstić information content (AvgIpc) is 2.93. The molecular weight excluding hydrogens is 494 g/mol. The zero-order valence-electron chi connectivity index (χ0n) is 17.7. The van der Waals surface area contributed by atoms with Crippen LogP contribution in [0.15, 0.2) is 60.7 Å². The molecule has 0 heterocycles. The number of carbonyl (C=O) groups is 2. The number of esters is 1. The molecule has 4 aromatic rings. The minimum Gasteiger partial charge on any atom is -0.508 e. The van der Waals surface area contributed by atoms with Gasteiger partial charge in [0.1, 0.15) is 11.5 Å². The van der Waals surface area contributed by atoms with Crippen LogP contribution < -0.4 is 4.74 Å². The van der Waals surface area contributed by atoms with Gasteiger partial charge in [-0.3, -0.25) is 0 Å². The van der Waals surface area contributed by atoms with Crippen LogP contribution in [-0.2, 0) is 11.8 Å². The lowest BCUT2D eigenvalue weighted by molar-refractivity contribution is -0.301. The molecule has 0 saturated heterocycles. The summed E-state index contributed by atoms with van der Waals surface area (Å²) >= 11 is 0. The highest BCUT2D eigenvalue weighted by Gasteiger charge is 2.79. The van der Waals surface area contributed by atoms with E-state index in [0.29, 0.717) is 0 Å². The third-order valence-electron chi connectivity index (χ3n) is 6.05. The van der Waals surface area contributed by atoms with Crippen LogP contribution in [0.2, 0.25) is 0 Å². The molecule has 0 radical (unpaired) electrons. The van der Waals surface area contributed by atoms with Crippen molar-refractivity contribution >= 4 is 33.5 Å². The molecule has 1 aliphatic carbocycles. The summed E-state index contributed by atoms with van der Waals surface area (Å²) in [5.41, 5.74) is -3.46. The van der Waals surface area contributed by atoms with Crippen LogP contribution in [0, 0.1) is 0 Å². The number of phenolic OH excluding ortho intramolecular Hbond substituents is 1. The van der Waals surface area contributed by atoms with Crippen molar-refractivity contribution in [3.8, 4) is 11.5 Å². The van der Waals surface area contributed by atoms with Crippen molar-refractivity contribution < 1.29 is 50.9 Å². The Morgan fingerprint density at radius 2 is 1.25 bits per heavy atom. The van der Waals surface area contributed by atoms with Crippen molar-refractivity contribution in [2.24, 2.45) is 0 Å². The number of rotatable bonds is 3. The number of carbonyl (C=O) groups excluding carboxylic acids is 1. The predicted octanol–water partition coefficient (Wildman–Crippen LogP) is 6.45. The number of hydrogen-bond donors (Lipinski definition) is 2. The summed E-state index contributed by atoms with van der Waals surface area (Å²) in [5.74, 6) is -19.2. The van der Waals surface area contributed by atoms with Gasteiger partial charge < -0.3 is 14.9 Å². The van der Waals surface area contributed by atoms with Crippen LogP contribution in [0.5, 0.6) is 11.5 Å².